The summed E-state index contributed by atoms with van der Waals surface area (Å²) in [6.07, 6.45) is 1.04. The van der Waals surface area contributed by atoms with Crippen LogP contribution in [0.25, 0.3) is 0 Å². The number of thiazole rings is 1. The first kappa shape index (κ1) is 20.2. The van der Waals surface area contributed by atoms with E-state index in [-0.39, 0.29) is 6.10 Å². The topological polar surface area (TPSA) is 61.8 Å². The lowest BCUT2D eigenvalue weighted by Gasteiger charge is -2.21. The maximum Gasteiger partial charge on any atom is 0.193 e. The third kappa shape index (κ3) is 6.31. The summed E-state index contributed by atoms with van der Waals surface area (Å²) >= 11 is 1.63. The molecule has 26 heavy (non-hydrogen) atoms. The lowest BCUT2D eigenvalue weighted by Crippen LogP contribution is -2.39. The summed E-state index contributed by atoms with van der Waals surface area (Å²) in [5.41, 5.74) is 2.18. The SMILES string of the molecule is CN=C(NCCCNc1ccccc1)N(C)Cc1csc(C(C)OC)n1. The van der Waals surface area contributed by atoms with Crippen LogP contribution in [-0.2, 0) is 11.3 Å². The zero-order chi connectivity index (χ0) is 18.8. The van der Waals surface area contributed by atoms with Crippen LogP contribution in [0.3, 0.4) is 0 Å². The summed E-state index contributed by atoms with van der Waals surface area (Å²) in [7, 11) is 5.53. The van der Waals surface area contributed by atoms with Gasteiger partial charge in [0.15, 0.2) is 5.96 Å². The first-order valence-corrected chi connectivity index (χ1v) is 9.69. The fraction of sp³-hybridized carbons (Fsp3) is 0.474. The number of nitrogens with one attached hydrogen (secondary N) is 2. The minimum Gasteiger partial charge on any atom is -0.385 e. The molecule has 0 saturated heterocycles. The molecule has 2 rings (SSSR count). The highest BCUT2D eigenvalue weighted by atomic mass is 32.1. The van der Waals surface area contributed by atoms with Crippen LogP contribution in [0.15, 0.2) is 40.7 Å². The second kappa shape index (κ2) is 10.8. The monoisotopic (exact) mass is 375 g/mol. The maximum absolute atomic E-state index is 5.32. The molecule has 0 spiro atoms. The van der Waals surface area contributed by atoms with Crippen molar-refractivity contribution in [1.29, 1.82) is 0 Å². The van der Waals surface area contributed by atoms with Gasteiger partial charge in [0.1, 0.15) is 11.1 Å². The summed E-state index contributed by atoms with van der Waals surface area (Å²) in [4.78, 5) is 11.1. The number of anilines is 1. The molecule has 2 aromatic rings. The number of ether oxygens (including phenoxy) is 1. The zero-order valence-electron chi connectivity index (χ0n) is 16.0. The van der Waals surface area contributed by atoms with Gasteiger partial charge in [0.2, 0.25) is 0 Å². The molecule has 0 aliphatic carbocycles. The molecule has 0 bridgehead atoms. The molecule has 142 valence electrons. The Morgan fingerprint density at radius 1 is 1.31 bits per heavy atom. The number of methoxy groups -OCH3 is 1. The van der Waals surface area contributed by atoms with E-state index in [1.807, 2.05) is 32.2 Å². The zero-order valence-corrected chi connectivity index (χ0v) is 16.8. The highest BCUT2D eigenvalue weighted by molar-refractivity contribution is 7.09. The molecule has 1 aromatic heterocycles. The molecular formula is C19H29N5OS. The number of nitrogens with zero attached hydrogens (tertiary/aromatic N) is 3. The molecular weight excluding hydrogens is 346 g/mol. The Bertz CT molecular complexity index is 674. The minimum absolute atomic E-state index is 0.0357. The van der Waals surface area contributed by atoms with Crippen molar-refractivity contribution in [3.05, 3.63) is 46.4 Å². The molecule has 1 unspecified atom stereocenters. The molecule has 0 fully saturated rings. The number of rotatable bonds is 9. The van der Waals surface area contributed by atoms with Gasteiger partial charge in [0.05, 0.1) is 12.2 Å². The lowest BCUT2D eigenvalue weighted by atomic mass is 10.3. The summed E-state index contributed by atoms with van der Waals surface area (Å²) in [6, 6.07) is 10.2. The van der Waals surface area contributed by atoms with E-state index in [1.54, 1.807) is 25.5 Å². The van der Waals surface area contributed by atoms with Gasteiger partial charge < -0.3 is 20.3 Å². The van der Waals surface area contributed by atoms with Gasteiger partial charge in [-0.3, -0.25) is 4.99 Å². The first-order chi connectivity index (χ1) is 12.6. The van der Waals surface area contributed by atoms with Crippen LogP contribution in [0.1, 0.15) is 30.2 Å². The highest BCUT2D eigenvalue weighted by Gasteiger charge is 2.12. The van der Waals surface area contributed by atoms with Crippen molar-refractivity contribution in [3.63, 3.8) is 0 Å². The fourth-order valence-electron chi connectivity index (χ4n) is 2.46. The number of hydrogen-bond acceptors (Lipinski definition) is 5. The summed E-state index contributed by atoms with van der Waals surface area (Å²) in [6.45, 7) is 4.51. The molecule has 7 heteroatoms. The van der Waals surface area contributed by atoms with Crippen LogP contribution in [0.5, 0.6) is 0 Å². The molecule has 2 N–H and O–H groups in total. The Hall–Kier alpha value is -2.12. The van der Waals surface area contributed by atoms with Crippen molar-refractivity contribution in [3.8, 4) is 0 Å². The van der Waals surface area contributed by atoms with Crippen LogP contribution < -0.4 is 10.6 Å². The quantitative estimate of drug-likeness (QED) is 0.400. The summed E-state index contributed by atoms with van der Waals surface area (Å²) < 4.78 is 5.32. The number of benzene rings is 1. The smallest absolute Gasteiger partial charge is 0.193 e. The van der Waals surface area contributed by atoms with Gasteiger partial charge in [-0.2, -0.15) is 0 Å². The molecule has 0 aliphatic rings. The van der Waals surface area contributed by atoms with Gasteiger partial charge in [-0.05, 0) is 25.5 Å². The molecule has 1 aromatic carbocycles. The van der Waals surface area contributed by atoms with E-state index >= 15 is 0 Å². The average molecular weight is 376 g/mol. The Labute approximate surface area is 160 Å². The predicted octanol–water partition coefficient (Wildman–Crippen LogP) is 3.36. The number of para-hydroxylation sites is 1. The molecule has 0 saturated carbocycles. The standard InChI is InChI=1S/C19H29N5OS/c1-15(25-4)18-23-17(14-26-18)13-24(3)19(20-2)22-12-8-11-21-16-9-6-5-7-10-16/h5-7,9-10,14-15,21H,8,11-13H2,1-4H3,(H,20,22). The van der Waals surface area contributed by atoms with E-state index in [0.29, 0.717) is 0 Å². The van der Waals surface area contributed by atoms with Crippen molar-refractivity contribution < 1.29 is 4.74 Å². The molecule has 0 radical (unpaired) electrons. The molecule has 6 nitrogen and oxygen atoms in total. The number of aromatic nitrogens is 1. The van der Waals surface area contributed by atoms with E-state index in [4.69, 9.17) is 4.74 Å². The molecule has 1 heterocycles. The predicted molar refractivity (Wildman–Crippen MR) is 110 cm³/mol. The molecule has 0 amide bonds. The highest BCUT2D eigenvalue weighted by Crippen LogP contribution is 2.20. The fourth-order valence-corrected chi connectivity index (χ4v) is 3.30. The minimum atomic E-state index is 0.0357. The Kier molecular flexibility index (Phi) is 8.37. The Morgan fingerprint density at radius 3 is 2.77 bits per heavy atom. The molecule has 1 atom stereocenters. The van der Waals surface area contributed by atoms with Gasteiger partial charge in [-0.1, -0.05) is 18.2 Å². The van der Waals surface area contributed by atoms with E-state index in [1.165, 1.54) is 0 Å². The first-order valence-electron chi connectivity index (χ1n) is 8.81. The van der Waals surface area contributed by atoms with Crippen LogP contribution in [0.4, 0.5) is 5.69 Å². The van der Waals surface area contributed by atoms with Crippen LogP contribution in [0.2, 0.25) is 0 Å². The van der Waals surface area contributed by atoms with Crippen molar-refractivity contribution in [2.75, 3.05) is 39.6 Å². The Balaban J connectivity index is 1.72. The van der Waals surface area contributed by atoms with E-state index < -0.39 is 0 Å². The maximum atomic E-state index is 5.32. The van der Waals surface area contributed by atoms with E-state index in [9.17, 15) is 0 Å². The Morgan fingerprint density at radius 2 is 2.08 bits per heavy atom. The van der Waals surface area contributed by atoms with Gasteiger partial charge in [-0.25, -0.2) is 4.98 Å². The van der Waals surface area contributed by atoms with E-state index in [2.05, 4.69) is 43.0 Å². The summed E-state index contributed by atoms with van der Waals surface area (Å²) in [5.74, 6) is 0.874. The van der Waals surface area contributed by atoms with Crippen molar-refractivity contribution in [2.45, 2.75) is 26.0 Å². The number of aliphatic imine (C=N–C) groups is 1. The normalized spacial score (nSPS) is 12.7. The van der Waals surface area contributed by atoms with Crippen molar-refractivity contribution in [2.24, 2.45) is 4.99 Å². The third-order valence-corrected chi connectivity index (χ3v) is 5.04. The van der Waals surface area contributed by atoms with Gasteiger partial charge >= 0.3 is 0 Å². The van der Waals surface area contributed by atoms with Gasteiger partial charge in [0.25, 0.3) is 0 Å². The van der Waals surface area contributed by atoms with Crippen LogP contribution >= 0.6 is 11.3 Å². The van der Waals surface area contributed by atoms with E-state index in [0.717, 1.165) is 48.4 Å². The largest absolute Gasteiger partial charge is 0.385 e. The summed E-state index contributed by atoms with van der Waals surface area (Å²) in [5, 5.41) is 9.90. The van der Waals surface area contributed by atoms with Gasteiger partial charge in [0, 0.05) is 45.4 Å². The van der Waals surface area contributed by atoms with Gasteiger partial charge in [-0.15, -0.1) is 11.3 Å². The van der Waals surface area contributed by atoms with Crippen LogP contribution in [-0.4, -0.2) is 50.1 Å². The third-order valence-electron chi connectivity index (χ3n) is 3.98. The average Bonchev–Trinajstić information content (AvgIpc) is 3.13. The number of guanidine groups is 1. The lowest BCUT2D eigenvalue weighted by molar-refractivity contribution is 0.119. The number of hydrogen-bond donors (Lipinski definition) is 2. The second-order valence-corrected chi connectivity index (χ2v) is 6.92. The molecule has 0 aliphatic heterocycles. The van der Waals surface area contributed by atoms with Crippen LogP contribution in [0, 0.1) is 0 Å². The second-order valence-electron chi connectivity index (χ2n) is 6.03. The van der Waals surface area contributed by atoms with Crippen molar-refractivity contribution in [1.82, 2.24) is 15.2 Å². The van der Waals surface area contributed by atoms with Crippen molar-refractivity contribution >= 4 is 23.0 Å².